The van der Waals surface area contributed by atoms with Crippen LogP contribution in [0.3, 0.4) is 0 Å². The molecule has 1 N–H and O–H groups in total. The number of para-hydroxylation sites is 1. The van der Waals surface area contributed by atoms with E-state index in [1.165, 1.54) is 25.6 Å². The van der Waals surface area contributed by atoms with Gasteiger partial charge in [0.2, 0.25) is 10.9 Å². The molecule has 0 saturated carbocycles. The molecule has 6 heteroatoms. The number of aromatic nitrogens is 1. The number of aliphatic imine (C=N–C) groups is 1. The maximum absolute atomic E-state index is 9.89. The van der Waals surface area contributed by atoms with Gasteiger partial charge in [-0.1, -0.05) is 23.5 Å². The van der Waals surface area contributed by atoms with E-state index in [0.717, 1.165) is 15.8 Å². The van der Waals surface area contributed by atoms with E-state index in [1.807, 2.05) is 24.3 Å². The van der Waals surface area contributed by atoms with E-state index in [4.69, 9.17) is 9.47 Å². The van der Waals surface area contributed by atoms with Gasteiger partial charge in [-0.15, -0.1) is 0 Å². The third-order valence-electron chi connectivity index (χ3n) is 3.11. The lowest BCUT2D eigenvalue weighted by atomic mass is 10.2. The van der Waals surface area contributed by atoms with Crippen molar-refractivity contribution >= 4 is 32.9 Å². The second-order valence-electron chi connectivity index (χ2n) is 4.50. The molecule has 1 heterocycles. The maximum Gasteiger partial charge on any atom is 0.210 e. The molecule has 0 unspecified atom stereocenters. The summed E-state index contributed by atoms with van der Waals surface area (Å²) in [6.45, 7) is 0. The molecule has 0 aliphatic heterocycles. The fourth-order valence-electron chi connectivity index (χ4n) is 2.03. The van der Waals surface area contributed by atoms with Gasteiger partial charge in [0.25, 0.3) is 0 Å². The smallest absolute Gasteiger partial charge is 0.210 e. The molecule has 0 amide bonds. The molecule has 0 aliphatic carbocycles. The molecule has 5 nitrogen and oxygen atoms in total. The quantitative estimate of drug-likeness (QED) is 0.745. The minimum Gasteiger partial charge on any atom is -0.502 e. The minimum atomic E-state index is -0.0258. The predicted molar refractivity (Wildman–Crippen MR) is 88.1 cm³/mol. The molecule has 0 bridgehead atoms. The molecule has 3 rings (SSSR count). The van der Waals surface area contributed by atoms with Crippen LogP contribution in [0.1, 0.15) is 5.56 Å². The van der Waals surface area contributed by atoms with E-state index in [0.29, 0.717) is 16.6 Å². The Hall–Kier alpha value is -2.60. The van der Waals surface area contributed by atoms with Crippen molar-refractivity contribution in [3.8, 4) is 17.2 Å². The summed E-state index contributed by atoms with van der Waals surface area (Å²) < 4.78 is 11.3. The summed E-state index contributed by atoms with van der Waals surface area (Å²) in [5.74, 6) is 0.650. The first-order valence-electron chi connectivity index (χ1n) is 6.56. The van der Waals surface area contributed by atoms with Gasteiger partial charge in [-0.05, 0) is 24.3 Å². The van der Waals surface area contributed by atoms with Gasteiger partial charge < -0.3 is 14.6 Å². The fourth-order valence-corrected chi connectivity index (χ4v) is 2.84. The van der Waals surface area contributed by atoms with Crippen molar-refractivity contribution < 1.29 is 14.6 Å². The summed E-state index contributed by atoms with van der Waals surface area (Å²) in [5, 5.41) is 10.6. The zero-order valence-electron chi connectivity index (χ0n) is 12.1. The van der Waals surface area contributed by atoms with Gasteiger partial charge in [-0.2, -0.15) is 0 Å². The van der Waals surface area contributed by atoms with E-state index in [1.54, 1.807) is 18.3 Å². The molecule has 0 aliphatic rings. The summed E-state index contributed by atoms with van der Waals surface area (Å²) in [6, 6.07) is 11.3. The second kappa shape index (κ2) is 6.03. The van der Waals surface area contributed by atoms with Crippen LogP contribution < -0.4 is 9.47 Å². The van der Waals surface area contributed by atoms with Crippen LogP contribution in [-0.4, -0.2) is 30.5 Å². The van der Waals surface area contributed by atoms with Crippen molar-refractivity contribution in [3.63, 3.8) is 0 Å². The molecule has 3 aromatic rings. The van der Waals surface area contributed by atoms with Gasteiger partial charge in [-0.25, -0.2) is 9.98 Å². The highest BCUT2D eigenvalue weighted by Gasteiger charge is 2.10. The number of phenols is 1. The molecular formula is C16H14N2O3S. The van der Waals surface area contributed by atoms with E-state index in [-0.39, 0.29) is 5.75 Å². The largest absolute Gasteiger partial charge is 0.502 e. The van der Waals surface area contributed by atoms with E-state index >= 15 is 0 Å². The first-order valence-corrected chi connectivity index (χ1v) is 7.37. The van der Waals surface area contributed by atoms with E-state index in [9.17, 15) is 5.11 Å². The molecule has 0 radical (unpaired) electrons. The van der Waals surface area contributed by atoms with Crippen LogP contribution in [0.15, 0.2) is 41.4 Å². The highest BCUT2D eigenvalue weighted by atomic mass is 32.1. The monoisotopic (exact) mass is 314 g/mol. The second-order valence-corrected chi connectivity index (χ2v) is 5.51. The Bertz CT molecular complexity index is 784. The number of aromatic hydroxyl groups is 1. The molecule has 0 spiro atoms. The number of ether oxygens (including phenoxy) is 2. The Morgan fingerprint density at radius 1 is 1.14 bits per heavy atom. The van der Waals surface area contributed by atoms with E-state index < -0.39 is 0 Å². The third-order valence-corrected chi connectivity index (χ3v) is 4.05. The average Bonchev–Trinajstić information content (AvgIpc) is 2.96. The van der Waals surface area contributed by atoms with Crippen LogP contribution in [0.4, 0.5) is 5.13 Å². The first-order chi connectivity index (χ1) is 10.7. The Kier molecular flexibility index (Phi) is 3.93. The van der Waals surface area contributed by atoms with Gasteiger partial charge in [0.05, 0.1) is 24.4 Å². The van der Waals surface area contributed by atoms with Gasteiger partial charge in [0.1, 0.15) is 0 Å². The summed E-state index contributed by atoms with van der Waals surface area (Å²) in [5.41, 5.74) is 1.69. The number of phenolic OH excluding ortho intramolecular Hbond substituents is 1. The standard InChI is InChI=1S/C16H14N2O3S/c1-20-12-7-10(8-13(21-2)15(12)19)9-17-16-18-11-5-3-4-6-14(11)22-16/h3-9,19H,1-2H3/b17-9+. The van der Waals surface area contributed by atoms with Crippen molar-refractivity contribution in [3.05, 3.63) is 42.0 Å². The number of thiazole rings is 1. The number of methoxy groups -OCH3 is 2. The molecule has 0 atom stereocenters. The van der Waals surface area contributed by atoms with Crippen LogP contribution in [0, 0.1) is 0 Å². The van der Waals surface area contributed by atoms with Gasteiger partial charge in [0, 0.05) is 11.8 Å². The third kappa shape index (κ3) is 2.73. The van der Waals surface area contributed by atoms with Crippen molar-refractivity contribution in [2.45, 2.75) is 0 Å². The zero-order valence-corrected chi connectivity index (χ0v) is 12.9. The summed E-state index contributed by atoms with van der Waals surface area (Å²) >= 11 is 1.52. The molecule has 0 fully saturated rings. The Morgan fingerprint density at radius 3 is 2.45 bits per heavy atom. The maximum atomic E-state index is 9.89. The van der Waals surface area contributed by atoms with Gasteiger partial charge in [0.15, 0.2) is 11.5 Å². The number of rotatable bonds is 4. The van der Waals surface area contributed by atoms with Crippen LogP contribution in [0.2, 0.25) is 0 Å². The SMILES string of the molecule is COc1cc(/C=N/c2nc3ccccc3s2)cc(OC)c1O. The molecule has 112 valence electrons. The highest BCUT2D eigenvalue weighted by Crippen LogP contribution is 2.37. The van der Waals surface area contributed by atoms with Crippen LogP contribution in [0.25, 0.3) is 10.2 Å². The topological polar surface area (TPSA) is 63.9 Å². The van der Waals surface area contributed by atoms with Crippen LogP contribution in [0.5, 0.6) is 17.2 Å². The normalized spacial score (nSPS) is 11.2. The van der Waals surface area contributed by atoms with Crippen molar-refractivity contribution in [1.29, 1.82) is 0 Å². The lowest BCUT2D eigenvalue weighted by molar-refractivity contribution is 0.340. The zero-order chi connectivity index (χ0) is 15.5. The minimum absolute atomic E-state index is 0.0258. The summed E-state index contributed by atoms with van der Waals surface area (Å²) in [4.78, 5) is 8.82. The number of fused-ring (bicyclic) bond motifs is 1. The average molecular weight is 314 g/mol. The van der Waals surface area contributed by atoms with Gasteiger partial charge >= 0.3 is 0 Å². The highest BCUT2D eigenvalue weighted by molar-refractivity contribution is 7.22. The predicted octanol–water partition coefficient (Wildman–Crippen LogP) is 3.77. The fraction of sp³-hybridized carbons (Fsp3) is 0.125. The molecule has 2 aromatic carbocycles. The number of hydrogen-bond acceptors (Lipinski definition) is 6. The number of hydrogen-bond donors (Lipinski definition) is 1. The Labute approximate surface area is 131 Å². The molecule has 1 aromatic heterocycles. The molecular weight excluding hydrogens is 300 g/mol. The van der Waals surface area contributed by atoms with Crippen molar-refractivity contribution in [2.75, 3.05) is 14.2 Å². The van der Waals surface area contributed by atoms with Gasteiger partial charge in [-0.3, -0.25) is 0 Å². The molecule has 0 saturated heterocycles. The number of nitrogens with zero attached hydrogens (tertiary/aromatic N) is 2. The Morgan fingerprint density at radius 2 is 1.82 bits per heavy atom. The summed E-state index contributed by atoms with van der Waals surface area (Å²) in [6.07, 6.45) is 1.67. The first kappa shape index (κ1) is 14.3. The van der Waals surface area contributed by atoms with E-state index in [2.05, 4.69) is 9.98 Å². The van der Waals surface area contributed by atoms with Crippen molar-refractivity contribution in [2.24, 2.45) is 4.99 Å². The van der Waals surface area contributed by atoms with Crippen LogP contribution in [-0.2, 0) is 0 Å². The Balaban J connectivity index is 1.94. The lowest BCUT2D eigenvalue weighted by Gasteiger charge is -2.08. The van der Waals surface area contributed by atoms with Crippen molar-refractivity contribution in [1.82, 2.24) is 4.98 Å². The summed E-state index contributed by atoms with van der Waals surface area (Å²) in [7, 11) is 2.98. The lowest BCUT2D eigenvalue weighted by Crippen LogP contribution is -1.92. The van der Waals surface area contributed by atoms with Crippen LogP contribution >= 0.6 is 11.3 Å². The number of benzene rings is 2. The molecule has 22 heavy (non-hydrogen) atoms.